The lowest BCUT2D eigenvalue weighted by atomic mass is 10.3. The first-order valence-electron chi connectivity index (χ1n) is 6.04. The van der Waals surface area contributed by atoms with Crippen LogP contribution >= 0.6 is 0 Å². The highest BCUT2D eigenvalue weighted by Gasteiger charge is 2.20. The Morgan fingerprint density at radius 2 is 1.16 bits per heavy atom. The number of ether oxygens (including phenoxy) is 1. The van der Waals surface area contributed by atoms with Gasteiger partial charge in [0, 0.05) is 0 Å². The summed E-state index contributed by atoms with van der Waals surface area (Å²) in [5.74, 6) is 0. The van der Waals surface area contributed by atoms with Crippen molar-refractivity contribution >= 4 is 6.47 Å². The third kappa shape index (κ3) is 11.0. The first kappa shape index (κ1) is 19.5. The highest BCUT2D eigenvalue weighted by molar-refractivity contribution is 5.38. The summed E-state index contributed by atoms with van der Waals surface area (Å²) in [6, 6.07) is 0. The molecule has 0 heterocycles. The summed E-state index contributed by atoms with van der Waals surface area (Å²) >= 11 is 0. The Morgan fingerprint density at radius 3 is 1.32 bits per heavy atom. The highest BCUT2D eigenvalue weighted by atomic mass is 16.5. The van der Waals surface area contributed by atoms with Gasteiger partial charge in [-0.15, -0.1) is 0 Å². The van der Waals surface area contributed by atoms with Gasteiger partial charge in [-0.05, 0) is 24.3 Å². The standard InChI is InChI=1S/C12H20N.C4H5O2/c1-5-9-13(10-6-2,11-7-3)12-8-4;1-2-3-6-4-5/h5-8H,1-4,9-12H2;2H,1,3H2/q+1;-1. The van der Waals surface area contributed by atoms with Gasteiger partial charge in [-0.25, -0.2) is 0 Å². The van der Waals surface area contributed by atoms with Crippen molar-refractivity contribution in [2.24, 2.45) is 0 Å². The van der Waals surface area contributed by atoms with Crippen molar-refractivity contribution in [2.45, 2.75) is 0 Å². The van der Waals surface area contributed by atoms with Crippen LogP contribution in [-0.2, 0) is 9.53 Å². The van der Waals surface area contributed by atoms with E-state index in [1.165, 1.54) is 12.5 Å². The molecule has 0 N–H and O–H groups in total. The highest BCUT2D eigenvalue weighted by Crippen LogP contribution is 2.07. The fourth-order valence-electron chi connectivity index (χ4n) is 1.64. The van der Waals surface area contributed by atoms with Gasteiger partial charge < -0.3 is 14.0 Å². The molecule has 0 aliphatic rings. The fraction of sp³-hybridized carbons (Fsp3) is 0.312. The van der Waals surface area contributed by atoms with E-state index in [1.807, 2.05) is 24.3 Å². The van der Waals surface area contributed by atoms with Crippen molar-refractivity contribution in [3.05, 3.63) is 63.3 Å². The van der Waals surface area contributed by atoms with Gasteiger partial charge in [0.1, 0.15) is 0 Å². The Morgan fingerprint density at radius 1 is 0.789 bits per heavy atom. The number of quaternary nitrogens is 1. The van der Waals surface area contributed by atoms with Gasteiger partial charge in [0.25, 0.3) is 0 Å². The molecule has 0 spiro atoms. The first-order chi connectivity index (χ1) is 9.16. The normalized spacial score (nSPS) is 9.26. The van der Waals surface area contributed by atoms with Crippen LogP contribution < -0.4 is 0 Å². The quantitative estimate of drug-likeness (QED) is 0.248. The van der Waals surface area contributed by atoms with Gasteiger partial charge in [-0.3, -0.25) is 0 Å². The van der Waals surface area contributed by atoms with Crippen LogP contribution in [0.2, 0.25) is 0 Å². The number of nitrogens with zero attached hydrogens (tertiary/aromatic N) is 1. The zero-order valence-electron chi connectivity index (χ0n) is 11.7. The van der Waals surface area contributed by atoms with Crippen LogP contribution in [0.4, 0.5) is 0 Å². The van der Waals surface area contributed by atoms with E-state index in [0.29, 0.717) is 0 Å². The first-order valence-corrected chi connectivity index (χ1v) is 6.04. The number of hydrogen-bond acceptors (Lipinski definition) is 2. The largest absolute Gasteiger partial charge is 0.650 e. The fourth-order valence-corrected chi connectivity index (χ4v) is 1.64. The lowest BCUT2D eigenvalue weighted by Crippen LogP contribution is -2.48. The topological polar surface area (TPSA) is 26.3 Å². The molecule has 0 saturated carbocycles. The van der Waals surface area contributed by atoms with Gasteiger partial charge in [-0.2, -0.15) is 0 Å². The van der Waals surface area contributed by atoms with Gasteiger partial charge in [0.2, 0.25) is 0 Å². The van der Waals surface area contributed by atoms with Gasteiger partial charge in [0.05, 0.1) is 32.8 Å². The monoisotopic (exact) mass is 263 g/mol. The Kier molecular flexibility index (Phi) is 14.5. The molecule has 0 unspecified atom stereocenters. The summed E-state index contributed by atoms with van der Waals surface area (Å²) < 4.78 is 4.96. The van der Waals surface area contributed by atoms with E-state index >= 15 is 0 Å². The van der Waals surface area contributed by atoms with Crippen molar-refractivity contribution < 1.29 is 14.0 Å². The van der Waals surface area contributed by atoms with E-state index in [4.69, 9.17) is 4.79 Å². The summed E-state index contributed by atoms with van der Waals surface area (Å²) in [5.41, 5.74) is 0. The summed E-state index contributed by atoms with van der Waals surface area (Å²) in [5, 5.41) is 0. The summed E-state index contributed by atoms with van der Waals surface area (Å²) in [6.45, 7) is 23.6. The molecule has 0 aromatic rings. The van der Waals surface area contributed by atoms with E-state index < -0.39 is 0 Å². The Bertz CT molecular complexity index is 242. The second kappa shape index (κ2) is 14.2. The molecule has 0 aromatic heterocycles. The molecule has 0 saturated heterocycles. The van der Waals surface area contributed by atoms with E-state index in [9.17, 15) is 0 Å². The molecule has 0 atom stereocenters. The Labute approximate surface area is 117 Å². The molecule has 0 bridgehead atoms. The molecule has 0 aromatic carbocycles. The average Bonchev–Trinajstić information content (AvgIpc) is 2.38. The maximum atomic E-state index is 9.17. The number of hydrogen-bond donors (Lipinski definition) is 0. The molecule has 3 nitrogen and oxygen atoms in total. The van der Waals surface area contributed by atoms with Crippen LogP contribution in [0, 0.1) is 0 Å². The van der Waals surface area contributed by atoms with Gasteiger partial charge >= 0.3 is 0 Å². The Balaban J connectivity index is 0. The van der Waals surface area contributed by atoms with E-state index in [-0.39, 0.29) is 6.61 Å². The van der Waals surface area contributed by atoms with Gasteiger partial charge in [0.15, 0.2) is 0 Å². The van der Waals surface area contributed by atoms with E-state index in [1.54, 1.807) is 0 Å². The molecule has 0 aliphatic heterocycles. The molecule has 0 fully saturated rings. The molecular formula is C16H25NO2. The van der Waals surface area contributed by atoms with E-state index in [0.717, 1.165) is 30.7 Å². The minimum atomic E-state index is 0.253. The van der Waals surface area contributed by atoms with Crippen LogP contribution in [0.5, 0.6) is 0 Å². The molecule has 0 rings (SSSR count). The predicted molar refractivity (Wildman–Crippen MR) is 82.4 cm³/mol. The molecular weight excluding hydrogens is 238 g/mol. The zero-order valence-corrected chi connectivity index (χ0v) is 11.7. The summed E-state index contributed by atoms with van der Waals surface area (Å²) in [7, 11) is 0. The van der Waals surface area contributed by atoms with Crippen molar-refractivity contribution in [2.75, 3.05) is 32.8 Å². The summed E-state index contributed by atoms with van der Waals surface area (Å²) in [4.78, 5) is 9.17. The SMILES string of the molecule is C=CCO[C-]=O.C=CC[N+](CC=C)(CC=C)CC=C. The second-order valence-electron chi connectivity index (χ2n) is 3.91. The minimum Gasteiger partial charge on any atom is -0.650 e. The lowest BCUT2D eigenvalue weighted by Gasteiger charge is -2.35. The second-order valence-corrected chi connectivity index (χ2v) is 3.91. The third-order valence-electron chi connectivity index (χ3n) is 2.33. The molecule has 3 heteroatoms. The van der Waals surface area contributed by atoms with Crippen LogP contribution in [0.15, 0.2) is 63.3 Å². The van der Waals surface area contributed by atoms with Crippen molar-refractivity contribution in [3.8, 4) is 0 Å². The van der Waals surface area contributed by atoms with Crippen molar-refractivity contribution in [1.82, 2.24) is 0 Å². The summed E-state index contributed by atoms with van der Waals surface area (Å²) in [6.07, 6.45) is 9.24. The zero-order chi connectivity index (χ0) is 15.0. The van der Waals surface area contributed by atoms with Crippen LogP contribution in [0.25, 0.3) is 0 Å². The van der Waals surface area contributed by atoms with Gasteiger partial charge in [-0.1, -0.05) is 45.4 Å². The van der Waals surface area contributed by atoms with Crippen LogP contribution in [0.3, 0.4) is 0 Å². The minimum absolute atomic E-state index is 0.253. The van der Waals surface area contributed by atoms with E-state index in [2.05, 4.69) is 37.6 Å². The molecule has 0 aliphatic carbocycles. The average molecular weight is 263 g/mol. The smallest absolute Gasteiger partial charge is 0.0978 e. The molecule has 19 heavy (non-hydrogen) atoms. The maximum absolute atomic E-state index is 9.17. The number of rotatable bonds is 11. The van der Waals surface area contributed by atoms with Crippen LogP contribution in [0.1, 0.15) is 0 Å². The third-order valence-corrected chi connectivity index (χ3v) is 2.33. The number of carbonyl (C=O) groups excluding carboxylic acids is 1. The molecule has 0 radical (unpaired) electrons. The predicted octanol–water partition coefficient (Wildman–Crippen LogP) is 2.80. The maximum Gasteiger partial charge on any atom is 0.0978 e. The Hall–Kier alpha value is -1.87. The van der Waals surface area contributed by atoms with Crippen molar-refractivity contribution in [1.29, 1.82) is 0 Å². The molecule has 0 amide bonds. The van der Waals surface area contributed by atoms with Crippen molar-refractivity contribution in [3.63, 3.8) is 0 Å². The van der Waals surface area contributed by atoms with Crippen LogP contribution in [-0.4, -0.2) is 43.7 Å². The lowest BCUT2D eigenvalue weighted by molar-refractivity contribution is -0.906. The molecule has 106 valence electrons.